The summed E-state index contributed by atoms with van der Waals surface area (Å²) in [6.45, 7) is 5.36. The van der Waals surface area contributed by atoms with Crippen molar-refractivity contribution in [1.29, 1.82) is 0 Å². The second-order valence-electron chi connectivity index (χ2n) is 5.52. The predicted octanol–water partition coefficient (Wildman–Crippen LogP) is 1.95. The second kappa shape index (κ2) is 4.56. The van der Waals surface area contributed by atoms with Crippen molar-refractivity contribution >= 4 is 5.69 Å². The third kappa shape index (κ3) is 1.73. The molecule has 0 aliphatic carbocycles. The van der Waals surface area contributed by atoms with Crippen LogP contribution in [0.1, 0.15) is 18.4 Å². The van der Waals surface area contributed by atoms with Crippen LogP contribution in [0.5, 0.6) is 0 Å². The van der Waals surface area contributed by atoms with Gasteiger partial charge in [0.05, 0.1) is 11.6 Å². The molecule has 98 valence electrons. The Morgan fingerprint density at radius 1 is 1.22 bits per heavy atom. The summed E-state index contributed by atoms with van der Waals surface area (Å²) in [7, 11) is 1.85. The van der Waals surface area contributed by atoms with Crippen LogP contribution in [0, 0.1) is 6.92 Å². The van der Waals surface area contributed by atoms with E-state index in [1.54, 1.807) is 0 Å². The Morgan fingerprint density at radius 2 is 1.89 bits per heavy atom. The van der Waals surface area contributed by atoms with Crippen molar-refractivity contribution in [3.05, 3.63) is 29.8 Å². The van der Waals surface area contributed by atoms with Crippen LogP contribution in [0.25, 0.3) is 0 Å². The lowest BCUT2D eigenvalue weighted by atomic mass is 9.73. The van der Waals surface area contributed by atoms with Gasteiger partial charge in [0.15, 0.2) is 0 Å². The van der Waals surface area contributed by atoms with Crippen molar-refractivity contribution in [3.8, 4) is 0 Å². The average molecular weight is 246 g/mol. The summed E-state index contributed by atoms with van der Waals surface area (Å²) in [6, 6.07) is 8.88. The summed E-state index contributed by atoms with van der Waals surface area (Å²) in [5.74, 6) is 0. The maximum Gasteiger partial charge on any atom is 0.0978 e. The smallest absolute Gasteiger partial charge is 0.0978 e. The molecule has 0 bridgehead atoms. The SMILES string of the molecule is CO[C@H]1CN(c2ccc(C)cc2)C12CCNCC2. The number of aryl methyl sites for hydroxylation is 1. The van der Waals surface area contributed by atoms with Crippen molar-refractivity contribution in [2.45, 2.75) is 31.4 Å². The van der Waals surface area contributed by atoms with Crippen molar-refractivity contribution in [1.82, 2.24) is 5.32 Å². The van der Waals surface area contributed by atoms with E-state index >= 15 is 0 Å². The monoisotopic (exact) mass is 246 g/mol. The van der Waals surface area contributed by atoms with Crippen molar-refractivity contribution < 1.29 is 4.74 Å². The minimum absolute atomic E-state index is 0.231. The molecule has 18 heavy (non-hydrogen) atoms. The molecule has 3 heteroatoms. The fraction of sp³-hybridized carbons (Fsp3) is 0.600. The minimum Gasteiger partial charge on any atom is -0.377 e. The van der Waals surface area contributed by atoms with E-state index in [1.807, 2.05) is 7.11 Å². The molecule has 1 atom stereocenters. The molecule has 1 aromatic carbocycles. The Morgan fingerprint density at radius 3 is 2.50 bits per heavy atom. The number of piperidine rings is 1. The summed E-state index contributed by atoms with van der Waals surface area (Å²) in [6.07, 6.45) is 2.75. The molecule has 2 fully saturated rings. The Labute approximate surface area is 109 Å². The van der Waals surface area contributed by atoms with Crippen LogP contribution in [0.4, 0.5) is 5.69 Å². The van der Waals surface area contributed by atoms with Gasteiger partial charge in [0.1, 0.15) is 0 Å². The zero-order valence-electron chi connectivity index (χ0n) is 11.3. The number of nitrogens with one attached hydrogen (secondary N) is 1. The number of benzene rings is 1. The molecule has 1 N–H and O–H groups in total. The van der Waals surface area contributed by atoms with Gasteiger partial charge in [0.2, 0.25) is 0 Å². The fourth-order valence-electron chi connectivity index (χ4n) is 3.41. The molecule has 2 aliphatic heterocycles. The topological polar surface area (TPSA) is 24.5 Å². The van der Waals surface area contributed by atoms with Gasteiger partial charge in [-0.25, -0.2) is 0 Å². The quantitative estimate of drug-likeness (QED) is 0.863. The van der Waals surface area contributed by atoms with Gasteiger partial charge in [-0.3, -0.25) is 0 Å². The highest BCUT2D eigenvalue weighted by Crippen LogP contribution is 2.43. The molecular formula is C15H22N2O. The van der Waals surface area contributed by atoms with Gasteiger partial charge in [-0.1, -0.05) is 17.7 Å². The maximum atomic E-state index is 5.69. The standard InChI is InChI=1S/C15H22N2O/c1-12-3-5-13(6-4-12)17-11-14(18-2)15(17)7-9-16-10-8-15/h3-6,14,16H,7-11H2,1-2H3/t14-/m0/s1. The van der Waals surface area contributed by atoms with Gasteiger partial charge in [-0.15, -0.1) is 0 Å². The largest absolute Gasteiger partial charge is 0.377 e. The van der Waals surface area contributed by atoms with Crippen molar-refractivity contribution in [3.63, 3.8) is 0 Å². The molecule has 2 heterocycles. The van der Waals surface area contributed by atoms with Gasteiger partial charge < -0.3 is 15.0 Å². The number of ether oxygens (including phenoxy) is 1. The van der Waals surface area contributed by atoms with Gasteiger partial charge in [-0.2, -0.15) is 0 Å². The van der Waals surface area contributed by atoms with Crippen LogP contribution in [0.3, 0.4) is 0 Å². The molecule has 0 saturated carbocycles. The van der Waals surface area contributed by atoms with E-state index in [1.165, 1.54) is 24.1 Å². The fourth-order valence-corrected chi connectivity index (χ4v) is 3.41. The first-order valence-electron chi connectivity index (χ1n) is 6.84. The first-order valence-corrected chi connectivity index (χ1v) is 6.84. The van der Waals surface area contributed by atoms with E-state index in [2.05, 4.69) is 41.4 Å². The molecule has 1 aromatic rings. The lowest BCUT2D eigenvalue weighted by Crippen LogP contribution is -2.74. The summed E-state index contributed by atoms with van der Waals surface area (Å²) < 4.78 is 5.69. The van der Waals surface area contributed by atoms with Crippen LogP contribution < -0.4 is 10.2 Å². The van der Waals surface area contributed by atoms with Gasteiger partial charge in [-0.05, 0) is 45.0 Å². The van der Waals surface area contributed by atoms with Gasteiger partial charge in [0.25, 0.3) is 0 Å². The summed E-state index contributed by atoms with van der Waals surface area (Å²) in [5.41, 5.74) is 2.90. The normalized spacial score (nSPS) is 26.1. The van der Waals surface area contributed by atoms with E-state index in [0.717, 1.165) is 19.6 Å². The van der Waals surface area contributed by atoms with Crippen LogP contribution >= 0.6 is 0 Å². The third-order valence-electron chi connectivity index (χ3n) is 4.58. The molecule has 0 radical (unpaired) electrons. The lowest BCUT2D eigenvalue weighted by Gasteiger charge is -2.61. The Hall–Kier alpha value is -1.06. The first kappa shape index (κ1) is 12.0. The number of rotatable bonds is 2. The van der Waals surface area contributed by atoms with Crippen molar-refractivity contribution in [2.24, 2.45) is 0 Å². The molecule has 0 unspecified atom stereocenters. The van der Waals surface area contributed by atoms with Crippen LogP contribution in [0.2, 0.25) is 0 Å². The predicted molar refractivity (Wildman–Crippen MR) is 74.2 cm³/mol. The number of hydrogen-bond acceptors (Lipinski definition) is 3. The lowest BCUT2D eigenvalue weighted by molar-refractivity contribution is -0.0310. The molecule has 0 amide bonds. The van der Waals surface area contributed by atoms with Crippen LogP contribution in [-0.4, -0.2) is 38.4 Å². The van der Waals surface area contributed by atoms with E-state index in [0.29, 0.717) is 6.10 Å². The summed E-state index contributed by atoms with van der Waals surface area (Å²) >= 11 is 0. The number of anilines is 1. The molecule has 2 saturated heterocycles. The van der Waals surface area contributed by atoms with E-state index in [9.17, 15) is 0 Å². The Balaban J connectivity index is 1.86. The van der Waals surface area contributed by atoms with E-state index < -0.39 is 0 Å². The summed E-state index contributed by atoms with van der Waals surface area (Å²) in [5, 5.41) is 3.45. The van der Waals surface area contributed by atoms with E-state index in [-0.39, 0.29) is 5.54 Å². The minimum atomic E-state index is 0.231. The van der Waals surface area contributed by atoms with Crippen molar-refractivity contribution in [2.75, 3.05) is 31.6 Å². The molecule has 2 aliphatic rings. The molecule has 1 spiro atoms. The number of hydrogen-bond donors (Lipinski definition) is 1. The Kier molecular flexibility index (Phi) is 3.04. The first-order chi connectivity index (χ1) is 8.76. The van der Waals surface area contributed by atoms with Crippen LogP contribution in [0.15, 0.2) is 24.3 Å². The second-order valence-corrected chi connectivity index (χ2v) is 5.52. The van der Waals surface area contributed by atoms with Crippen LogP contribution in [-0.2, 0) is 4.74 Å². The third-order valence-corrected chi connectivity index (χ3v) is 4.58. The molecular weight excluding hydrogens is 224 g/mol. The van der Waals surface area contributed by atoms with E-state index in [4.69, 9.17) is 4.74 Å². The number of nitrogens with zero attached hydrogens (tertiary/aromatic N) is 1. The summed E-state index contributed by atoms with van der Waals surface area (Å²) in [4.78, 5) is 2.54. The molecule has 3 rings (SSSR count). The maximum absolute atomic E-state index is 5.69. The zero-order chi connectivity index (χ0) is 12.6. The van der Waals surface area contributed by atoms with Gasteiger partial charge >= 0.3 is 0 Å². The average Bonchev–Trinajstić information content (AvgIpc) is 2.41. The van der Waals surface area contributed by atoms with Gasteiger partial charge in [0, 0.05) is 19.3 Å². The molecule has 0 aromatic heterocycles. The molecule has 3 nitrogen and oxygen atoms in total. The zero-order valence-corrected chi connectivity index (χ0v) is 11.3. The highest BCUT2D eigenvalue weighted by molar-refractivity contribution is 5.55. The highest BCUT2D eigenvalue weighted by Gasteiger charge is 2.53. The number of methoxy groups -OCH3 is 1. The Bertz CT molecular complexity index is 409. The highest BCUT2D eigenvalue weighted by atomic mass is 16.5.